The highest BCUT2D eigenvalue weighted by Gasteiger charge is 2.29. The van der Waals surface area contributed by atoms with Crippen molar-refractivity contribution in [3.63, 3.8) is 0 Å². The molecule has 0 fully saturated rings. The number of aliphatic hydroxyl groups excluding tert-OH is 9. The van der Waals surface area contributed by atoms with Gasteiger partial charge < -0.3 is 62.5 Å². The van der Waals surface area contributed by atoms with E-state index in [1.54, 1.807) is 0 Å². The molecule has 0 aliphatic carbocycles. The standard InChI is InChI=1S/C6H14N2O2.C6H14O6.C3H8O3/c7-4-2-1-3-5(8)6(9)10;7-1-3(9)5(11)6(12)4(10)2-8;4-1-3(6)2-5/h5H,1-4,7-8H2,(H,9,10);3-12H,1-2H2;3-6H,1-2H2/t;3-,4-,5-,6-;/m.1./s1. The van der Waals surface area contributed by atoms with Gasteiger partial charge in [-0.1, -0.05) is 6.42 Å². The highest BCUT2D eigenvalue weighted by Crippen LogP contribution is 2.04. The molecule has 0 spiro atoms. The number of hydrogen-bond acceptors (Lipinski definition) is 12. The second kappa shape index (κ2) is 20.8. The normalized spacial score (nSPS) is 16.0. The largest absolute Gasteiger partial charge is 0.480 e. The quantitative estimate of drug-likeness (QED) is 0.131. The fraction of sp³-hybridized carbons (Fsp3) is 0.933. The Bertz CT molecular complexity index is 334. The van der Waals surface area contributed by atoms with Crippen LogP contribution in [0.5, 0.6) is 0 Å². The molecule has 0 aliphatic rings. The molecule has 0 saturated carbocycles. The number of aliphatic carboxylic acids is 1. The van der Waals surface area contributed by atoms with E-state index in [1.807, 2.05) is 0 Å². The molecule has 0 saturated heterocycles. The van der Waals surface area contributed by atoms with E-state index in [9.17, 15) is 4.79 Å². The molecule has 5 atom stereocenters. The van der Waals surface area contributed by atoms with Gasteiger partial charge in [-0.3, -0.25) is 4.79 Å². The minimum atomic E-state index is -1.67. The zero-order chi connectivity index (χ0) is 22.7. The molecule has 0 radical (unpaired) electrons. The van der Waals surface area contributed by atoms with Gasteiger partial charge in [0.15, 0.2) is 0 Å². The molecule has 172 valence electrons. The highest BCUT2D eigenvalue weighted by molar-refractivity contribution is 5.72. The molecule has 0 aromatic heterocycles. The predicted octanol–water partition coefficient (Wildman–Crippen LogP) is -5.73. The number of carbonyl (C=O) groups is 1. The Kier molecular flexibility index (Phi) is 23.5. The van der Waals surface area contributed by atoms with Gasteiger partial charge in [-0.2, -0.15) is 0 Å². The van der Waals surface area contributed by atoms with Crippen molar-refractivity contribution in [1.29, 1.82) is 0 Å². The molecule has 1 unspecified atom stereocenters. The summed E-state index contributed by atoms with van der Waals surface area (Å²) < 4.78 is 0. The molecule has 0 aromatic rings. The second-order valence-corrected chi connectivity index (χ2v) is 5.73. The first kappa shape index (κ1) is 31.7. The monoisotopic (exact) mass is 420 g/mol. The van der Waals surface area contributed by atoms with Crippen molar-refractivity contribution in [2.45, 2.75) is 55.8 Å². The smallest absolute Gasteiger partial charge is 0.320 e. The summed E-state index contributed by atoms with van der Waals surface area (Å²) in [6.45, 7) is -1.58. The molecule has 0 aromatic carbocycles. The first-order valence-corrected chi connectivity index (χ1v) is 8.56. The number of hydrogen-bond donors (Lipinski definition) is 12. The van der Waals surface area contributed by atoms with Crippen molar-refractivity contribution in [2.24, 2.45) is 11.5 Å². The summed E-state index contributed by atoms with van der Waals surface area (Å²) in [5, 5.41) is 84.5. The van der Waals surface area contributed by atoms with Gasteiger partial charge in [0.05, 0.1) is 26.4 Å². The lowest BCUT2D eigenvalue weighted by Crippen LogP contribution is -2.46. The first-order valence-electron chi connectivity index (χ1n) is 8.56. The number of carboxylic acid groups (broad SMARTS) is 1. The molecule has 13 nitrogen and oxygen atoms in total. The van der Waals surface area contributed by atoms with Crippen LogP contribution in [0.3, 0.4) is 0 Å². The van der Waals surface area contributed by atoms with Gasteiger partial charge in [0.1, 0.15) is 36.6 Å². The fourth-order valence-corrected chi connectivity index (χ4v) is 1.36. The summed E-state index contributed by atoms with van der Waals surface area (Å²) in [7, 11) is 0. The summed E-state index contributed by atoms with van der Waals surface area (Å²) in [6.07, 6.45) is -5.18. The maximum Gasteiger partial charge on any atom is 0.320 e. The lowest BCUT2D eigenvalue weighted by Gasteiger charge is -2.24. The summed E-state index contributed by atoms with van der Waals surface area (Å²) in [5.41, 5.74) is 10.4. The van der Waals surface area contributed by atoms with E-state index in [2.05, 4.69) is 0 Å². The van der Waals surface area contributed by atoms with Gasteiger partial charge >= 0.3 is 5.97 Å². The van der Waals surface area contributed by atoms with Crippen LogP contribution < -0.4 is 11.5 Å². The molecular weight excluding hydrogens is 384 g/mol. The molecule has 0 aliphatic heterocycles. The number of aliphatic hydroxyl groups is 9. The van der Waals surface area contributed by atoms with Crippen LogP contribution in [0.1, 0.15) is 19.3 Å². The Hall–Kier alpha value is -0.970. The van der Waals surface area contributed by atoms with Crippen molar-refractivity contribution in [3.05, 3.63) is 0 Å². The fourth-order valence-electron chi connectivity index (χ4n) is 1.36. The van der Waals surface area contributed by atoms with Gasteiger partial charge in [-0.15, -0.1) is 0 Å². The topological polar surface area (TPSA) is 271 Å². The van der Waals surface area contributed by atoms with E-state index in [4.69, 9.17) is 62.5 Å². The minimum absolute atomic E-state index is 0.365. The third-order valence-corrected chi connectivity index (χ3v) is 3.22. The van der Waals surface area contributed by atoms with E-state index in [0.29, 0.717) is 13.0 Å². The Morgan fingerprint density at radius 1 is 0.750 bits per heavy atom. The molecule has 28 heavy (non-hydrogen) atoms. The van der Waals surface area contributed by atoms with Gasteiger partial charge in [-0.25, -0.2) is 0 Å². The van der Waals surface area contributed by atoms with E-state index in [0.717, 1.165) is 12.8 Å². The Morgan fingerprint density at radius 2 is 1.14 bits per heavy atom. The summed E-state index contributed by atoms with van der Waals surface area (Å²) in [6, 6.07) is -0.716. The average molecular weight is 420 g/mol. The lowest BCUT2D eigenvalue weighted by atomic mass is 10.0. The van der Waals surface area contributed by atoms with Crippen LogP contribution in [0, 0.1) is 0 Å². The summed E-state index contributed by atoms with van der Waals surface area (Å²) in [5.74, 6) is -0.933. The number of unbranched alkanes of at least 4 members (excludes halogenated alkanes) is 1. The van der Waals surface area contributed by atoms with Crippen LogP contribution in [0.4, 0.5) is 0 Å². The van der Waals surface area contributed by atoms with E-state index in [-0.39, 0.29) is 13.2 Å². The summed E-state index contributed by atoms with van der Waals surface area (Å²) >= 11 is 0. The van der Waals surface area contributed by atoms with Gasteiger partial charge in [-0.05, 0) is 19.4 Å². The zero-order valence-electron chi connectivity index (χ0n) is 15.7. The third-order valence-electron chi connectivity index (χ3n) is 3.22. The lowest BCUT2D eigenvalue weighted by molar-refractivity contribution is -0.138. The van der Waals surface area contributed by atoms with Crippen LogP contribution in [-0.4, -0.2) is 127 Å². The van der Waals surface area contributed by atoms with Crippen molar-refractivity contribution < 1.29 is 55.9 Å². The third kappa shape index (κ3) is 18.4. The molecular formula is C15H36N2O11. The van der Waals surface area contributed by atoms with E-state index >= 15 is 0 Å². The highest BCUT2D eigenvalue weighted by atomic mass is 16.4. The molecule has 0 rings (SSSR count). The van der Waals surface area contributed by atoms with Crippen LogP contribution in [0.15, 0.2) is 0 Å². The van der Waals surface area contributed by atoms with Crippen LogP contribution in [0.25, 0.3) is 0 Å². The Balaban J connectivity index is -0.000000354. The zero-order valence-corrected chi connectivity index (χ0v) is 15.7. The molecule has 13 heteroatoms. The maximum absolute atomic E-state index is 10.1. The average Bonchev–Trinajstić information content (AvgIpc) is 2.71. The number of rotatable bonds is 12. The van der Waals surface area contributed by atoms with E-state index in [1.165, 1.54) is 0 Å². The van der Waals surface area contributed by atoms with Gasteiger partial charge in [0.25, 0.3) is 0 Å². The minimum Gasteiger partial charge on any atom is -0.480 e. The number of carboxylic acids is 1. The van der Waals surface area contributed by atoms with E-state index < -0.39 is 55.7 Å². The maximum atomic E-state index is 10.1. The first-order chi connectivity index (χ1) is 13.0. The van der Waals surface area contributed by atoms with Crippen LogP contribution >= 0.6 is 0 Å². The Morgan fingerprint density at radius 3 is 1.36 bits per heavy atom. The molecule has 14 N–H and O–H groups in total. The van der Waals surface area contributed by atoms with Gasteiger partial charge in [0.2, 0.25) is 0 Å². The van der Waals surface area contributed by atoms with Crippen LogP contribution in [-0.2, 0) is 4.79 Å². The second-order valence-electron chi connectivity index (χ2n) is 5.73. The number of nitrogens with two attached hydrogens (primary N) is 2. The summed E-state index contributed by atoms with van der Waals surface area (Å²) in [4.78, 5) is 10.1. The van der Waals surface area contributed by atoms with Crippen molar-refractivity contribution >= 4 is 5.97 Å². The predicted molar refractivity (Wildman–Crippen MR) is 96.9 cm³/mol. The molecule has 0 amide bonds. The molecule has 0 bridgehead atoms. The van der Waals surface area contributed by atoms with Gasteiger partial charge in [0, 0.05) is 0 Å². The Labute approximate surface area is 163 Å². The molecule has 0 heterocycles. The van der Waals surface area contributed by atoms with Crippen molar-refractivity contribution in [2.75, 3.05) is 33.0 Å². The van der Waals surface area contributed by atoms with Crippen molar-refractivity contribution in [1.82, 2.24) is 0 Å². The SMILES string of the molecule is NCCCCC(N)C(=O)O.OCC(O)CO.OC[C@@H](O)[C@@H](O)[C@H](O)[C@H](O)CO. The van der Waals surface area contributed by atoms with Crippen LogP contribution in [0.2, 0.25) is 0 Å². The van der Waals surface area contributed by atoms with Crippen molar-refractivity contribution in [3.8, 4) is 0 Å².